The number of thiophene rings is 1. The van der Waals surface area contributed by atoms with Crippen LogP contribution in [0.5, 0.6) is 0 Å². The molecule has 0 fully saturated rings. The van der Waals surface area contributed by atoms with Crippen LogP contribution in [0.25, 0.3) is 0 Å². The number of nitrogens with zero attached hydrogens (tertiary/aromatic N) is 1. The van der Waals surface area contributed by atoms with Crippen molar-refractivity contribution in [2.45, 2.75) is 25.4 Å². The SMILES string of the molecule is CN=C(NCc1ccc(Br)s1)NC1CC=CC1. The Morgan fingerprint density at radius 1 is 1.47 bits per heavy atom. The minimum absolute atomic E-state index is 0.497. The van der Waals surface area contributed by atoms with E-state index >= 15 is 0 Å². The van der Waals surface area contributed by atoms with Crippen LogP contribution in [0.2, 0.25) is 0 Å². The Morgan fingerprint density at radius 3 is 2.82 bits per heavy atom. The summed E-state index contributed by atoms with van der Waals surface area (Å²) in [6.45, 7) is 0.816. The summed E-state index contributed by atoms with van der Waals surface area (Å²) in [6.07, 6.45) is 6.60. The van der Waals surface area contributed by atoms with Crippen LogP contribution in [0.1, 0.15) is 17.7 Å². The summed E-state index contributed by atoms with van der Waals surface area (Å²) in [5.41, 5.74) is 0. The van der Waals surface area contributed by atoms with Crippen LogP contribution in [0.15, 0.2) is 33.1 Å². The third-order valence-electron chi connectivity index (χ3n) is 2.63. The summed E-state index contributed by atoms with van der Waals surface area (Å²) in [6, 6.07) is 4.68. The molecule has 1 aromatic heterocycles. The fourth-order valence-electron chi connectivity index (χ4n) is 1.74. The van der Waals surface area contributed by atoms with E-state index in [4.69, 9.17) is 0 Å². The van der Waals surface area contributed by atoms with Gasteiger partial charge in [0, 0.05) is 18.0 Å². The maximum Gasteiger partial charge on any atom is 0.191 e. The molecule has 0 aromatic carbocycles. The molecule has 0 bridgehead atoms. The standard InChI is InChI=1S/C12H16BrN3S/c1-14-12(16-9-4-2-3-5-9)15-8-10-6-7-11(13)17-10/h2-3,6-7,9H,4-5,8H2,1H3,(H2,14,15,16). The van der Waals surface area contributed by atoms with Crippen LogP contribution in [-0.4, -0.2) is 19.0 Å². The zero-order valence-corrected chi connectivity index (χ0v) is 12.1. The molecule has 2 rings (SSSR count). The van der Waals surface area contributed by atoms with Gasteiger partial charge in [-0.25, -0.2) is 0 Å². The highest BCUT2D eigenvalue weighted by molar-refractivity contribution is 9.11. The first-order valence-corrected chi connectivity index (χ1v) is 7.25. The van der Waals surface area contributed by atoms with Crippen molar-refractivity contribution in [1.82, 2.24) is 10.6 Å². The van der Waals surface area contributed by atoms with Crippen LogP contribution in [0.3, 0.4) is 0 Å². The first-order valence-electron chi connectivity index (χ1n) is 5.64. The number of aliphatic imine (C=N–C) groups is 1. The van der Waals surface area contributed by atoms with Gasteiger partial charge in [-0.3, -0.25) is 4.99 Å². The van der Waals surface area contributed by atoms with Crippen molar-refractivity contribution in [3.8, 4) is 0 Å². The molecular formula is C12H16BrN3S. The fourth-order valence-corrected chi connectivity index (χ4v) is 3.16. The van der Waals surface area contributed by atoms with Gasteiger partial charge < -0.3 is 10.6 Å². The molecule has 1 aliphatic rings. The van der Waals surface area contributed by atoms with Crippen molar-refractivity contribution >= 4 is 33.2 Å². The summed E-state index contributed by atoms with van der Waals surface area (Å²) in [5, 5.41) is 6.74. The molecule has 1 aliphatic carbocycles. The molecule has 2 N–H and O–H groups in total. The van der Waals surface area contributed by atoms with Gasteiger partial charge in [0.15, 0.2) is 5.96 Å². The predicted molar refractivity (Wildman–Crippen MR) is 77.5 cm³/mol. The van der Waals surface area contributed by atoms with Crippen molar-refractivity contribution in [2.24, 2.45) is 4.99 Å². The maximum absolute atomic E-state index is 4.23. The van der Waals surface area contributed by atoms with Gasteiger partial charge in [0.05, 0.1) is 10.3 Å². The van der Waals surface area contributed by atoms with E-state index in [0.29, 0.717) is 6.04 Å². The lowest BCUT2D eigenvalue weighted by Crippen LogP contribution is -2.41. The van der Waals surface area contributed by atoms with Gasteiger partial charge in [-0.05, 0) is 40.9 Å². The van der Waals surface area contributed by atoms with Crippen molar-refractivity contribution < 1.29 is 0 Å². The predicted octanol–water partition coefficient (Wildman–Crippen LogP) is 2.89. The van der Waals surface area contributed by atoms with E-state index in [1.165, 1.54) is 4.88 Å². The van der Waals surface area contributed by atoms with Gasteiger partial charge >= 0.3 is 0 Å². The van der Waals surface area contributed by atoms with Gasteiger partial charge in [-0.1, -0.05) is 12.2 Å². The fraction of sp³-hybridized carbons (Fsp3) is 0.417. The molecule has 0 unspecified atom stereocenters. The summed E-state index contributed by atoms with van der Waals surface area (Å²) in [4.78, 5) is 5.53. The quantitative estimate of drug-likeness (QED) is 0.511. The third kappa shape index (κ3) is 3.85. The van der Waals surface area contributed by atoms with E-state index in [9.17, 15) is 0 Å². The second kappa shape index (κ2) is 6.21. The first kappa shape index (κ1) is 12.6. The van der Waals surface area contributed by atoms with Gasteiger partial charge in [-0.15, -0.1) is 11.3 Å². The van der Waals surface area contributed by atoms with Crippen molar-refractivity contribution in [1.29, 1.82) is 0 Å². The van der Waals surface area contributed by atoms with Crippen LogP contribution in [0.4, 0.5) is 0 Å². The minimum atomic E-state index is 0.497. The molecular weight excluding hydrogens is 298 g/mol. The van der Waals surface area contributed by atoms with E-state index in [-0.39, 0.29) is 0 Å². The van der Waals surface area contributed by atoms with E-state index < -0.39 is 0 Å². The molecule has 0 saturated carbocycles. The number of hydrogen-bond acceptors (Lipinski definition) is 2. The highest BCUT2D eigenvalue weighted by Crippen LogP contribution is 2.21. The van der Waals surface area contributed by atoms with E-state index in [2.05, 4.69) is 55.8 Å². The van der Waals surface area contributed by atoms with E-state index in [1.54, 1.807) is 11.3 Å². The molecule has 0 spiro atoms. The van der Waals surface area contributed by atoms with Gasteiger partial charge in [0.2, 0.25) is 0 Å². The van der Waals surface area contributed by atoms with Gasteiger partial charge in [0.25, 0.3) is 0 Å². The van der Waals surface area contributed by atoms with Crippen LogP contribution < -0.4 is 10.6 Å². The summed E-state index contributed by atoms with van der Waals surface area (Å²) in [5.74, 6) is 0.878. The Bertz CT molecular complexity index is 417. The van der Waals surface area contributed by atoms with Gasteiger partial charge in [-0.2, -0.15) is 0 Å². The number of nitrogens with one attached hydrogen (secondary N) is 2. The Hall–Kier alpha value is -0.810. The second-order valence-corrected chi connectivity index (χ2v) is 6.46. The third-order valence-corrected chi connectivity index (χ3v) is 4.25. The molecule has 0 amide bonds. The normalized spacial score (nSPS) is 16.5. The molecule has 17 heavy (non-hydrogen) atoms. The number of halogens is 1. The molecule has 3 nitrogen and oxygen atoms in total. The number of hydrogen-bond donors (Lipinski definition) is 2. The highest BCUT2D eigenvalue weighted by atomic mass is 79.9. The molecule has 92 valence electrons. The van der Waals surface area contributed by atoms with Crippen LogP contribution in [0, 0.1) is 0 Å². The monoisotopic (exact) mass is 313 g/mol. The molecule has 5 heteroatoms. The summed E-state index contributed by atoms with van der Waals surface area (Å²) >= 11 is 5.21. The maximum atomic E-state index is 4.23. The summed E-state index contributed by atoms with van der Waals surface area (Å²) in [7, 11) is 1.81. The van der Waals surface area contributed by atoms with Crippen molar-refractivity contribution in [3.63, 3.8) is 0 Å². The molecule has 0 radical (unpaired) electrons. The Morgan fingerprint density at radius 2 is 2.24 bits per heavy atom. The smallest absolute Gasteiger partial charge is 0.191 e. The molecule has 1 aromatic rings. The topological polar surface area (TPSA) is 36.4 Å². The lowest BCUT2D eigenvalue weighted by molar-refractivity contribution is 0.633. The highest BCUT2D eigenvalue weighted by Gasteiger charge is 2.11. The second-order valence-electron chi connectivity index (χ2n) is 3.92. The number of guanidine groups is 1. The molecule has 0 saturated heterocycles. The first-order chi connectivity index (χ1) is 8.28. The lowest BCUT2D eigenvalue weighted by atomic mass is 10.2. The Labute approximate surface area is 114 Å². The van der Waals surface area contributed by atoms with Crippen molar-refractivity contribution in [2.75, 3.05) is 7.05 Å². The van der Waals surface area contributed by atoms with E-state index in [1.807, 2.05) is 7.05 Å². The molecule has 1 heterocycles. The number of rotatable bonds is 3. The lowest BCUT2D eigenvalue weighted by Gasteiger charge is -2.16. The molecule has 0 atom stereocenters. The molecule has 0 aliphatic heterocycles. The van der Waals surface area contributed by atoms with Crippen molar-refractivity contribution in [3.05, 3.63) is 32.9 Å². The summed E-state index contributed by atoms with van der Waals surface area (Å²) < 4.78 is 1.16. The van der Waals surface area contributed by atoms with Gasteiger partial charge in [0.1, 0.15) is 0 Å². The minimum Gasteiger partial charge on any atom is -0.353 e. The van der Waals surface area contributed by atoms with E-state index in [0.717, 1.165) is 29.1 Å². The average Bonchev–Trinajstić information content (AvgIpc) is 2.96. The largest absolute Gasteiger partial charge is 0.353 e. The Balaban J connectivity index is 1.79. The Kier molecular flexibility index (Phi) is 4.62. The van der Waals surface area contributed by atoms with Crippen LogP contribution >= 0.6 is 27.3 Å². The van der Waals surface area contributed by atoms with Crippen LogP contribution in [-0.2, 0) is 6.54 Å². The zero-order chi connectivity index (χ0) is 12.1. The zero-order valence-electron chi connectivity index (χ0n) is 9.74. The average molecular weight is 314 g/mol.